The first-order valence-electron chi connectivity index (χ1n) is 12.5. The summed E-state index contributed by atoms with van der Waals surface area (Å²) < 4.78 is 5.35. The number of aliphatic carboxylic acids is 1. The fraction of sp³-hybridized carbons (Fsp3) is 0.750. The normalized spacial score (nSPS) is 31.8. The average molecular weight is 509 g/mol. The molecule has 2 amide bonds. The molecular weight excluding hydrogens is 472 g/mol. The molecule has 4 rings (SSSR count). The number of amides is 2. The number of carbonyl (C=O) groups is 4. The van der Waals surface area contributed by atoms with Gasteiger partial charge in [0.15, 0.2) is 0 Å². The number of Topliss-reactive ketones (excluding diaryl/α,β-unsaturated/α-hetero) is 1. The van der Waals surface area contributed by atoms with E-state index in [1.807, 2.05) is 13.8 Å². The molecule has 35 heavy (non-hydrogen) atoms. The van der Waals surface area contributed by atoms with Crippen LogP contribution >= 0.6 is 11.8 Å². The minimum atomic E-state index is -1.11. The number of nitrogens with zero attached hydrogens (tertiary/aromatic N) is 1. The number of nitrogens with two attached hydrogens (primary N) is 1. The minimum absolute atomic E-state index is 0.0260. The molecule has 0 aromatic heterocycles. The summed E-state index contributed by atoms with van der Waals surface area (Å²) in [7, 11) is 0. The van der Waals surface area contributed by atoms with Crippen molar-refractivity contribution < 1.29 is 29.0 Å². The van der Waals surface area contributed by atoms with E-state index in [0.29, 0.717) is 31.1 Å². The number of ketones is 1. The van der Waals surface area contributed by atoms with Crippen molar-refractivity contribution >= 4 is 35.3 Å². The Morgan fingerprint density at radius 1 is 1.31 bits per heavy atom. The third-order valence-electron chi connectivity index (χ3n) is 7.65. The molecule has 4 heterocycles. The molecule has 0 bridgehead atoms. The van der Waals surface area contributed by atoms with Crippen molar-refractivity contribution in [1.29, 1.82) is 0 Å². The van der Waals surface area contributed by atoms with Gasteiger partial charge in [0.05, 0.1) is 18.0 Å². The number of hydrogen-bond donors (Lipinski definition) is 4. The van der Waals surface area contributed by atoms with Crippen molar-refractivity contribution in [3.8, 4) is 0 Å². The number of ether oxygens (including phenoxy) is 1. The zero-order valence-corrected chi connectivity index (χ0v) is 21.1. The van der Waals surface area contributed by atoms with Crippen molar-refractivity contribution in [2.45, 2.75) is 69.3 Å². The number of β-lactam (4-membered cyclic amide) rings is 1. The smallest absolute Gasteiger partial charge is 0.353 e. The first-order chi connectivity index (χ1) is 16.7. The van der Waals surface area contributed by atoms with E-state index in [-0.39, 0.29) is 83.8 Å². The van der Waals surface area contributed by atoms with Gasteiger partial charge in [-0.05, 0) is 31.7 Å². The zero-order chi connectivity index (χ0) is 25.3. The molecule has 0 saturated carbocycles. The molecule has 5 N–H and O–H groups in total. The van der Waals surface area contributed by atoms with Gasteiger partial charge in [-0.2, -0.15) is 0 Å². The monoisotopic (exact) mass is 508 g/mol. The van der Waals surface area contributed by atoms with Crippen molar-refractivity contribution in [3.05, 3.63) is 10.6 Å². The van der Waals surface area contributed by atoms with Gasteiger partial charge < -0.3 is 31.1 Å². The predicted octanol–water partition coefficient (Wildman–Crippen LogP) is 0.462. The molecule has 4 aliphatic heterocycles. The standard InChI is InChI=1S/C24H36N4O6S/c1-12(9-15(29)3-6-25)18-19-13(2)21(20(24(32)33)28(19)23(18)31)35-16-10-17(26-11-16)22(30)27-14-4-7-34-8-5-14/h12-14,16-19,26H,3-11,25H2,1-2H3,(H,27,30)(H,32,33)/t12-,13+,16-,17-,18+,19+/m0/s1. The molecule has 3 saturated heterocycles. The molecule has 194 valence electrons. The molecule has 0 aromatic rings. The van der Waals surface area contributed by atoms with Gasteiger partial charge in [0.25, 0.3) is 0 Å². The summed E-state index contributed by atoms with van der Waals surface area (Å²) in [6, 6.07) is -0.439. The highest BCUT2D eigenvalue weighted by atomic mass is 32.2. The van der Waals surface area contributed by atoms with Gasteiger partial charge in [-0.1, -0.05) is 13.8 Å². The number of fused-ring (bicyclic) bond motifs is 1. The Morgan fingerprint density at radius 3 is 2.69 bits per heavy atom. The first-order valence-corrected chi connectivity index (χ1v) is 13.4. The molecule has 0 radical (unpaired) electrons. The summed E-state index contributed by atoms with van der Waals surface area (Å²) in [5.41, 5.74) is 5.54. The molecular formula is C24H36N4O6S. The van der Waals surface area contributed by atoms with E-state index in [1.54, 1.807) is 0 Å². The van der Waals surface area contributed by atoms with Crippen LogP contribution in [-0.2, 0) is 23.9 Å². The maximum Gasteiger partial charge on any atom is 0.353 e. The van der Waals surface area contributed by atoms with E-state index >= 15 is 0 Å². The van der Waals surface area contributed by atoms with Crippen LogP contribution in [0.3, 0.4) is 0 Å². The van der Waals surface area contributed by atoms with Crippen LogP contribution in [0.1, 0.15) is 46.0 Å². The summed E-state index contributed by atoms with van der Waals surface area (Å²) in [6.07, 6.45) is 2.77. The van der Waals surface area contributed by atoms with Gasteiger partial charge in [0.1, 0.15) is 11.5 Å². The number of thioether (sulfide) groups is 1. The van der Waals surface area contributed by atoms with Crippen molar-refractivity contribution in [1.82, 2.24) is 15.5 Å². The molecule has 6 atom stereocenters. The highest BCUT2D eigenvalue weighted by Crippen LogP contribution is 2.53. The first kappa shape index (κ1) is 26.1. The molecule has 10 nitrogen and oxygen atoms in total. The molecule has 11 heteroatoms. The Kier molecular flexibility index (Phi) is 8.19. The zero-order valence-electron chi connectivity index (χ0n) is 20.3. The number of carboxylic acids is 1. The van der Waals surface area contributed by atoms with Crippen LogP contribution in [0.4, 0.5) is 0 Å². The van der Waals surface area contributed by atoms with Gasteiger partial charge >= 0.3 is 5.97 Å². The van der Waals surface area contributed by atoms with E-state index in [2.05, 4.69) is 10.6 Å². The average Bonchev–Trinajstić information content (AvgIpc) is 3.37. The van der Waals surface area contributed by atoms with Crippen molar-refractivity contribution in [2.24, 2.45) is 23.5 Å². The van der Waals surface area contributed by atoms with Crippen LogP contribution in [0.5, 0.6) is 0 Å². The summed E-state index contributed by atoms with van der Waals surface area (Å²) in [6.45, 7) is 6.03. The van der Waals surface area contributed by atoms with Gasteiger partial charge in [-0.3, -0.25) is 14.4 Å². The van der Waals surface area contributed by atoms with E-state index in [0.717, 1.165) is 12.8 Å². The lowest BCUT2D eigenvalue weighted by Gasteiger charge is -2.47. The Bertz CT molecular complexity index is 904. The number of carbonyl (C=O) groups excluding carboxylic acids is 3. The molecule has 4 aliphatic rings. The molecule has 0 spiro atoms. The SMILES string of the molecule is C[C@@H](CC(=O)CCN)[C@H]1C(=O)N2C(C(=O)O)=C(S[C@@H]3CN[C@H](C(=O)NC4CCOCC4)C3)[C@H](C)[C@H]12. The topological polar surface area (TPSA) is 151 Å². The van der Waals surface area contributed by atoms with Crippen LogP contribution in [0.25, 0.3) is 0 Å². The van der Waals surface area contributed by atoms with Crippen LogP contribution in [0.2, 0.25) is 0 Å². The molecule has 0 aromatic carbocycles. The van der Waals surface area contributed by atoms with Crippen molar-refractivity contribution in [2.75, 3.05) is 26.3 Å². The third-order valence-corrected chi connectivity index (χ3v) is 9.16. The second-order valence-electron chi connectivity index (χ2n) is 10.1. The van der Waals surface area contributed by atoms with Crippen LogP contribution < -0.4 is 16.4 Å². The number of nitrogens with one attached hydrogen (secondary N) is 2. The lowest BCUT2D eigenvalue weighted by atomic mass is 9.73. The molecule has 0 unspecified atom stereocenters. The number of hydrogen-bond acceptors (Lipinski definition) is 8. The number of carboxylic acid groups (broad SMARTS) is 1. The fourth-order valence-corrected chi connectivity index (χ4v) is 7.31. The summed E-state index contributed by atoms with van der Waals surface area (Å²) in [5, 5.41) is 16.4. The highest BCUT2D eigenvalue weighted by molar-refractivity contribution is 8.03. The maximum atomic E-state index is 13.0. The van der Waals surface area contributed by atoms with Crippen LogP contribution in [0, 0.1) is 17.8 Å². The highest BCUT2D eigenvalue weighted by Gasteiger charge is 2.60. The lowest BCUT2D eigenvalue weighted by molar-refractivity contribution is -0.160. The Hall–Kier alpha value is -1.95. The van der Waals surface area contributed by atoms with Crippen LogP contribution in [0.15, 0.2) is 10.6 Å². The second-order valence-corrected chi connectivity index (χ2v) is 11.5. The van der Waals surface area contributed by atoms with E-state index in [9.17, 15) is 24.3 Å². The lowest BCUT2D eigenvalue weighted by Crippen LogP contribution is -2.62. The maximum absolute atomic E-state index is 13.0. The van der Waals surface area contributed by atoms with Gasteiger partial charge in [-0.25, -0.2) is 4.79 Å². The Balaban J connectivity index is 1.39. The second kappa shape index (κ2) is 11.0. The quantitative estimate of drug-likeness (QED) is 0.309. The number of rotatable bonds is 10. The van der Waals surface area contributed by atoms with Gasteiger partial charge in [-0.15, -0.1) is 11.8 Å². The van der Waals surface area contributed by atoms with E-state index < -0.39 is 5.97 Å². The summed E-state index contributed by atoms with van der Waals surface area (Å²) in [5.74, 6) is -2.02. The minimum Gasteiger partial charge on any atom is -0.477 e. The van der Waals surface area contributed by atoms with Gasteiger partial charge in [0, 0.05) is 54.7 Å². The van der Waals surface area contributed by atoms with E-state index in [1.165, 1.54) is 16.7 Å². The van der Waals surface area contributed by atoms with Crippen molar-refractivity contribution in [3.63, 3.8) is 0 Å². The van der Waals surface area contributed by atoms with E-state index in [4.69, 9.17) is 10.5 Å². The molecule has 0 aliphatic carbocycles. The fourth-order valence-electron chi connectivity index (χ4n) is 5.83. The summed E-state index contributed by atoms with van der Waals surface area (Å²) >= 11 is 1.47. The largest absolute Gasteiger partial charge is 0.477 e. The van der Waals surface area contributed by atoms with Gasteiger partial charge in [0.2, 0.25) is 11.8 Å². The third kappa shape index (κ3) is 5.28. The Morgan fingerprint density at radius 2 is 2.03 bits per heavy atom. The van der Waals surface area contributed by atoms with Crippen LogP contribution in [-0.4, -0.2) is 83.3 Å². The Labute approximate surface area is 209 Å². The summed E-state index contributed by atoms with van der Waals surface area (Å²) in [4.78, 5) is 52.1. The molecule has 3 fully saturated rings. The predicted molar refractivity (Wildman–Crippen MR) is 130 cm³/mol.